The number of likely N-dealkylation sites (tertiary alicyclic amines) is 1. The van der Waals surface area contributed by atoms with Crippen molar-refractivity contribution >= 4 is 29.2 Å². The van der Waals surface area contributed by atoms with E-state index in [4.69, 9.17) is 12.2 Å². The van der Waals surface area contributed by atoms with Gasteiger partial charge in [-0.25, -0.2) is 0 Å². The van der Waals surface area contributed by atoms with Gasteiger partial charge in [-0.2, -0.15) is 0 Å². The lowest BCUT2D eigenvalue weighted by Crippen LogP contribution is -2.30. The van der Waals surface area contributed by atoms with E-state index in [0.717, 1.165) is 23.3 Å². The summed E-state index contributed by atoms with van der Waals surface area (Å²) in [5, 5.41) is 0. The molecule has 0 aromatic carbocycles. The molecule has 1 nitrogen and oxygen atoms in total. The quantitative estimate of drug-likeness (QED) is 0.476. The maximum absolute atomic E-state index is 5.05. The molecule has 0 aromatic heterocycles. The van der Waals surface area contributed by atoms with Crippen molar-refractivity contribution in [2.75, 3.05) is 13.1 Å². The summed E-state index contributed by atoms with van der Waals surface area (Å²) in [4.78, 5) is 2.22. The molecule has 1 aliphatic heterocycles. The summed E-state index contributed by atoms with van der Waals surface area (Å²) in [5.74, 6) is 0.857. The highest BCUT2D eigenvalue weighted by Gasteiger charge is 2.12. The normalized spacial score (nSPS) is 26.2. The number of hydrogen-bond acceptors (Lipinski definition) is 1. The maximum atomic E-state index is 5.05. The highest BCUT2D eigenvalue weighted by Crippen LogP contribution is 2.17. The van der Waals surface area contributed by atoms with Crippen LogP contribution in [0.15, 0.2) is 0 Å². The fourth-order valence-electron chi connectivity index (χ4n) is 1.62. The Labute approximate surface area is 85.9 Å². The fourth-order valence-corrected chi connectivity index (χ4v) is 2.00. The molecule has 1 rings (SSSR count). The molecule has 1 saturated heterocycles. The molecule has 1 unspecified atom stereocenters. The third-order valence-corrected chi connectivity index (χ3v) is 3.08. The van der Waals surface area contributed by atoms with Gasteiger partial charge in [-0.05, 0) is 18.8 Å². The van der Waals surface area contributed by atoms with Crippen LogP contribution in [0.5, 0.6) is 0 Å². The van der Waals surface area contributed by atoms with Crippen LogP contribution in [0.1, 0.15) is 32.6 Å². The molecule has 1 heterocycles. The summed E-state index contributed by atoms with van der Waals surface area (Å²) in [6.45, 7) is 4.53. The predicted molar refractivity (Wildman–Crippen MR) is 60.8 cm³/mol. The summed E-state index contributed by atoms with van der Waals surface area (Å²) < 4.78 is 0.768. The van der Waals surface area contributed by atoms with Crippen LogP contribution in [0, 0.1) is 5.92 Å². The lowest BCUT2D eigenvalue weighted by molar-refractivity contribution is 0.322. The van der Waals surface area contributed by atoms with Gasteiger partial charge in [0, 0.05) is 13.1 Å². The van der Waals surface area contributed by atoms with Crippen LogP contribution in [0.25, 0.3) is 0 Å². The Morgan fingerprint density at radius 2 is 2.08 bits per heavy atom. The number of nitrogens with zero attached hydrogens (tertiary/aromatic N) is 1. The lowest BCUT2D eigenvalue weighted by Gasteiger charge is -2.27. The minimum absolute atomic E-state index is 0.768. The van der Waals surface area contributed by atoms with E-state index in [9.17, 15) is 0 Å². The molecule has 0 saturated carbocycles. The van der Waals surface area contributed by atoms with Crippen molar-refractivity contribution in [3.63, 3.8) is 0 Å². The smallest absolute Gasteiger partial charge is 0.133 e. The third-order valence-electron chi connectivity index (χ3n) is 2.54. The predicted octanol–water partition coefficient (Wildman–Crippen LogP) is 2.71. The summed E-state index contributed by atoms with van der Waals surface area (Å²) >= 11 is 9.26. The molecule has 3 heteroatoms. The molecule has 0 bridgehead atoms. The van der Waals surface area contributed by atoms with Gasteiger partial charge in [0.15, 0.2) is 0 Å². The molecule has 12 heavy (non-hydrogen) atoms. The van der Waals surface area contributed by atoms with Gasteiger partial charge in [0.05, 0.1) is 0 Å². The van der Waals surface area contributed by atoms with Gasteiger partial charge in [-0.1, -0.05) is 32.0 Å². The Balaban J connectivity index is 2.39. The first-order valence-electron chi connectivity index (χ1n) is 4.68. The lowest BCUT2D eigenvalue weighted by atomic mass is 9.98. The standard InChI is InChI=1S/C9H17NS2/c1-8-4-2-3-6-10(7-5-8)9(11)12/h8H,2-7H2,1H3,(H,11,12). The SMILES string of the molecule is CC1CCCCN(C(=S)S)CC1. The molecular weight excluding hydrogens is 186 g/mol. The van der Waals surface area contributed by atoms with E-state index in [0.29, 0.717) is 0 Å². The Morgan fingerprint density at radius 1 is 1.33 bits per heavy atom. The topological polar surface area (TPSA) is 3.24 Å². The van der Waals surface area contributed by atoms with Crippen LogP contribution in [-0.2, 0) is 0 Å². The molecule has 0 aliphatic carbocycles. The van der Waals surface area contributed by atoms with Crippen molar-refractivity contribution in [2.45, 2.75) is 32.6 Å². The van der Waals surface area contributed by atoms with Gasteiger partial charge in [0.2, 0.25) is 0 Å². The van der Waals surface area contributed by atoms with Crippen molar-refractivity contribution in [3.8, 4) is 0 Å². The van der Waals surface area contributed by atoms with E-state index in [1.807, 2.05) is 0 Å². The van der Waals surface area contributed by atoms with Crippen LogP contribution in [0.3, 0.4) is 0 Å². The highest BCUT2D eigenvalue weighted by molar-refractivity contribution is 8.10. The van der Waals surface area contributed by atoms with E-state index in [-0.39, 0.29) is 0 Å². The van der Waals surface area contributed by atoms with E-state index in [1.54, 1.807) is 0 Å². The van der Waals surface area contributed by atoms with Crippen molar-refractivity contribution in [1.29, 1.82) is 0 Å². The molecule has 1 fully saturated rings. The van der Waals surface area contributed by atoms with Crippen LogP contribution in [0.4, 0.5) is 0 Å². The van der Waals surface area contributed by atoms with Crippen LogP contribution >= 0.6 is 24.8 Å². The second-order valence-corrected chi connectivity index (χ2v) is 4.77. The minimum atomic E-state index is 0.768. The molecular formula is C9H17NS2. The summed E-state index contributed by atoms with van der Waals surface area (Å²) in [6, 6.07) is 0. The second-order valence-electron chi connectivity index (χ2n) is 3.66. The van der Waals surface area contributed by atoms with E-state index < -0.39 is 0 Å². The molecule has 70 valence electrons. The van der Waals surface area contributed by atoms with Gasteiger partial charge in [-0.3, -0.25) is 0 Å². The number of thiocarbonyl (C=S) groups is 1. The highest BCUT2D eigenvalue weighted by atomic mass is 32.1. The molecule has 0 radical (unpaired) electrons. The van der Waals surface area contributed by atoms with Gasteiger partial charge in [-0.15, -0.1) is 12.6 Å². The van der Waals surface area contributed by atoms with E-state index in [2.05, 4.69) is 24.5 Å². The zero-order valence-electron chi connectivity index (χ0n) is 7.62. The number of rotatable bonds is 0. The third kappa shape index (κ3) is 3.31. The maximum Gasteiger partial charge on any atom is 0.133 e. The molecule has 0 spiro atoms. The minimum Gasteiger partial charge on any atom is -0.358 e. The average Bonchev–Trinajstić information content (AvgIpc) is 1.97. The van der Waals surface area contributed by atoms with Crippen molar-refractivity contribution < 1.29 is 0 Å². The average molecular weight is 203 g/mol. The van der Waals surface area contributed by atoms with Crippen molar-refractivity contribution in [3.05, 3.63) is 0 Å². The van der Waals surface area contributed by atoms with Crippen LogP contribution in [0.2, 0.25) is 0 Å². The van der Waals surface area contributed by atoms with Crippen LogP contribution < -0.4 is 0 Å². The molecule has 1 atom stereocenters. The summed E-state index contributed by atoms with van der Waals surface area (Å²) in [5.41, 5.74) is 0. The monoisotopic (exact) mass is 203 g/mol. The number of hydrogen-bond donors (Lipinski definition) is 1. The van der Waals surface area contributed by atoms with Crippen molar-refractivity contribution in [2.24, 2.45) is 5.92 Å². The van der Waals surface area contributed by atoms with E-state index >= 15 is 0 Å². The summed E-state index contributed by atoms with van der Waals surface area (Å²) in [6.07, 6.45) is 5.26. The Kier molecular flexibility index (Phi) is 4.36. The Morgan fingerprint density at radius 3 is 2.75 bits per heavy atom. The van der Waals surface area contributed by atoms with Gasteiger partial charge in [0.1, 0.15) is 4.32 Å². The Bertz CT molecular complexity index is 159. The molecule has 0 N–H and O–H groups in total. The zero-order chi connectivity index (χ0) is 8.97. The second kappa shape index (κ2) is 5.07. The first kappa shape index (κ1) is 10.3. The van der Waals surface area contributed by atoms with Gasteiger partial charge >= 0.3 is 0 Å². The summed E-state index contributed by atoms with van der Waals surface area (Å²) in [7, 11) is 0. The van der Waals surface area contributed by atoms with Crippen LogP contribution in [-0.4, -0.2) is 22.3 Å². The molecule has 1 aliphatic rings. The zero-order valence-corrected chi connectivity index (χ0v) is 9.33. The number of thiol groups is 1. The first-order chi connectivity index (χ1) is 5.70. The van der Waals surface area contributed by atoms with E-state index in [1.165, 1.54) is 25.7 Å². The van der Waals surface area contributed by atoms with Gasteiger partial charge < -0.3 is 4.90 Å². The molecule has 0 amide bonds. The van der Waals surface area contributed by atoms with Gasteiger partial charge in [0.25, 0.3) is 0 Å². The largest absolute Gasteiger partial charge is 0.358 e. The van der Waals surface area contributed by atoms with Crippen molar-refractivity contribution in [1.82, 2.24) is 4.90 Å². The first-order valence-corrected chi connectivity index (χ1v) is 5.53. The fraction of sp³-hybridized carbons (Fsp3) is 0.889. The Hall–Kier alpha value is 0.240. The molecule has 0 aromatic rings.